The van der Waals surface area contributed by atoms with Crippen molar-refractivity contribution in [3.05, 3.63) is 51.9 Å². The van der Waals surface area contributed by atoms with E-state index in [0.717, 1.165) is 0 Å². The lowest BCUT2D eigenvalue weighted by molar-refractivity contribution is -0.146. The van der Waals surface area contributed by atoms with Crippen LogP contribution in [-0.2, 0) is 0 Å². The number of aromatic nitrogens is 2. The van der Waals surface area contributed by atoms with Gasteiger partial charge in [0, 0.05) is 26.2 Å². The van der Waals surface area contributed by atoms with Crippen molar-refractivity contribution in [1.29, 1.82) is 0 Å². The summed E-state index contributed by atoms with van der Waals surface area (Å²) in [5, 5.41) is 4.16. The second-order valence-electron chi connectivity index (χ2n) is 5.77. The average Bonchev–Trinajstić information content (AvgIpc) is 2.58. The van der Waals surface area contributed by atoms with Gasteiger partial charge in [0.25, 0.3) is 5.56 Å². The van der Waals surface area contributed by atoms with Crippen LogP contribution in [0.25, 0.3) is 5.69 Å². The lowest BCUT2D eigenvalue weighted by atomic mass is 10.2. The van der Waals surface area contributed by atoms with Gasteiger partial charge in [0.15, 0.2) is 0 Å². The molecule has 1 aromatic carbocycles. The highest BCUT2D eigenvalue weighted by Crippen LogP contribution is 2.24. The molecule has 1 saturated heterocycles. The zero-order valence-corrected chi connectivity index (χ0v) is 14.0. The number of piperazine rings is 1. The SMILES string of the molecule is O=c1c(Cl)c(N2CCN(CC(F)(F)F)CC2)cnn1-c1ccccc1. The van der Waals surface area contributed by atoms with Crippen LogP contribution in [0, 0.1) is 0 Å². The Hall–Kier alpha value is -2.06. The third-order valence-electron chi connectivity index (χ3n) is 4.02. The molecule has 134 valence electrons. The number of benzene rings is 1. The van der Waals surface area contributed by atoms with Gasteiger partial charge in [0.1, 0.15) is 5.02 Å². The third-order valence-corrected chi connectivity index (χ3v) is 4.37. The first-order valence-electron chi connectivity index (χ1n) is 7.72. The molecule has 0 bridgehead atoms. The number of hydrogen-bond donors (Lipinski definition) is 0. The molecule has 0 amide bonds. The molecular formula is C16H16ClF3N4O. The number of para-hydroxylation sites is 1. The van der Waals surface area contributed by atoms with Crippen LogP contribution in [0.2, 0.25) is 5.02 Å². The van der Waals surface area contributed by atoms with Crippen molar-refractivity contribution in [3.63, 3.8) is 0 Å². The fraction of sp³-hybridized carbons (Fsp3) is 0.375. The quantitative estimate of drug-likeness (QED) is 0.830. The van der Waals surface area contributed by atoms with E-state index >= 15 is 0 Å². The molecule has 1 aliphatic heterocycles. The van der Waals surface area contributed by atoms with Crippen molar-refractivity contribution < 1.29 is 13.2 Å². The smallest absolute Gasteiger partial charge is 0.366 e. The molecule has 1 aromatic heterocycles. The van der Waals surface area contributed by atoms with Gasteiger partial charge in [-0.15, -0.1) is 0 Å². The Balaban J connectivity index is 1.77. The molecule has 0 spiro atoms. The van der Waals surface area contributed by atoms with Gasteiger partial charge < -0.3 is 4.90 Å². The molecule has 0 N–H and O–H groups in total. The maximum atomic E-state index is 12.5. The zero-order valence-electron chi connectivity index (χ0n) is 13.2. The van der Waals surface area contributed by atoms with Crippen molar-refractivity contribution in [2.24, 2.45) is 0 Å². The fourth-order valence-electron chi connectivity index (χ4n) is 2.80. The minimum atomic E-state index is -4.21. The first-order chi connectivity index (χ1) is 11.8. The standard InChI is InChI=1S/C16H16ClF3N4O/c17-14-13(23-8-6-22(7-9-23)11-16(18,19)20)10-21-24(15(14)25)12-4-2-1-3-5-12/h1-5,10H,6-9,11H2. The first kappa shape index (κ1) is 17.8. The Morgan fingerprint density at radius 1 is 1.08 bits per heavy atom. The normalized spacial score (nSPS) is 16.2. The summed E-state index contributed by atoms with van der Waals surface area (Å²) in [4.78, 5) is 15.6. The van der Waals surface area contributed by atoms with Crippen LogP contribution in [0.5, 0.6) is 0 Å². The van der Waals surface area contributed by atoms with E-state index in [-0.39, 0.29) is 18.1 Å². The number of halogens is 4. The van der Waals surface area contributed by atoms with Crippen LogP contribution in [0.1, 0.15) is 0 Å². The van der Waals surface area contributed by atoms with Crippen LogP contribution < -0.4 is 10.5 Å². The van der Waals surface area contributed by atoms with E-state index in [1.165, 1.54) is 15.8 Å². The molecular weight excluding hydrogens is 357 g/mol. The van der Waals surface area contributed by atoms with Crippen molar-refractivity contribution >= 4 is 17.3 Å². The number of hydrogen-bond acceptors (Lipinski definition) is 4. The second kappa shape index (κ2) is 7.05. The molecule has 0 radical (unpaired) electrons. The van der Waals surface area contributed by atoms with E-state index in [1.807, 2.05) is 6.07 Å². The Morgan fingerprint density at radius 2 is 1.72 bits per heavy atom. The third kappa shape index (κ3) is 4.13. The van der Waals surface area contributed by atoms with Crippen molar-refractivity contribution in [2.75, 3.05) is 37.6 Å². The minimum absolute atomic E-state index is 0.0168. The molecule has 25 heavy (non-hydrogen) atoms. The highest BCUT2D eigenvalue weighted by atomic mass is 35.5. The number of nitrogens with zero attached hydrogens (tertiary/aromatic N) is 4. The van der Waals surface area contributed by atoms with Gasteiger partial charge in [-0.05, 0) is 12.1 Å². The molecule has 0 atom stereocenters. The minimum Gasteiger partial charge on any atom is -0.366 e. The maximum absolute atomic E-state index is 12.5. The predicted molar refractivity (Wildman–Crippen MR) is 89.6 cm³/mol. The first-order valence-corrected chi connectivity index (χ1v) is 8.10. The Kier molecular flexibility index (Phi) is 5.01. The van der Waals surface area contributed by atoms with Crippen molar-refractivity contribution in [1.82, 2.24) is 14.7 Å². The largest absolute Gasteiger partial charge is 0.401 e. The molecule has 2 heterocycles. The summed E-state index contributed by atoms with van der Waals surface area (Å²) in [7, 11) is 0. The number of alkyl halides is 3. The van der Waals surface area contributed by atoms with Gasteiger partial charge in [-0.3, -0.25) is 9.69 Å². The van der Waals surface area contributed by atoms with Crippen LogP contribution in [0.15, 0.2) is 41.3 Å². The van der Waals surface area contributed by atoms with Gasteiger partial charge in [-0.25, -0.2) is 0 Å². The second-order valence-corrected chi connectivity index (χ2v) is 6.15. The molecule has 0 saturated carbocycles. The Morgan fingerprint density at radius 3 is 2.32 bits per heavy atom. The molecule has 0 unspecified atom stereocenters. The Labute approximate surface area is 147 Å². The maximum Gasteiger partial charge on any atom is 0.401 e. The summed E-state index contributed by atoms with van der Waals surface area (Å²) in [6.45, 7) is 0.274. The lowest BCUT2D eigenvalue weighted by Crippen LogP contribution is -2.49. The van der Waals surface area contributed by atoms with Gasteiger partial charge in [0.2, 0.25) is 0 Å². The molecule has 5 nitrogen and oxygen atoms in total. The summed E-state index contributed by atoms with van der Waals surface area (Å²) in [6.07, 6.45) is -2.73. The summed E-state index contributed by atoms with van der Waals surface area (Å²) >= 11 is 6.22. The van der Waals surface area contributed by atoms with Gasteiger partial charge in [-0.1, -0.05) is 29.8 Å². The Bertz CT molecular complexity index is 786. The summed E-state index contributed by atoms with van der Waals surface area (Å²) in [5.74, 6) is 0. The van der Waals surface area contributed by atoms with E-state index in [0.29, 0.717) is 24.5 Å². The van der Waals surface area contributed by atoms with Crippen molar-refractivity contribution in [2.45, 2.75) is 6.18 Å². The van der Waals surface area contributed by atoms with E-state index < -0.39 is 18.3 Å². The summed E-state index contributed by atoms with van der Waals surface area (Å²) < 4.78 is 38.6. The van der Waals surface area contributed by atoms with Gasteiger partial charge in [0.05, 0.1) is 24.1 Å². The molecule has 2 aromatic rings. The van der Waals surface area contributed by atoms with Crippen LogP contribution in [0.3, 0.4) is 0 Å². The molecule has 3 rings (SSSR count). The lowest BCUT2D eigenvalue weighted by Gasteiger charge is -2.36. The highest BCUT2D eigenvalue weighted by Gasteiger charge is 2.32. The number of rotatable bonds is 3. The molecule has 0 aliphatic carbocycles. The molecule has 1 fully saturated rings. The highest BCUT2D eigenvalue weighted by molar-refractivity contribution is 6.33. The van der Waals surface area contributed by atoms with Crippen molar-refractivity contribution in [3.8, 4) is 5.69 Å². The van der Waals surface area contributed by atoms with Gasteiger partial charge >= 0.3 is 6.18 Å². The van der Waals surface area contributed by atoms with Crippen LogP contribution in [-0.4, -0.2) is 53.6 Å². The molecule has 9 heteroatoms. The summed E-state index contributed by atoms with van der Waals surface area (Å²) in [6, 6.07) is 8.86. The topological polar surface area (TPSA) is 41.4 Å². The molecule has 1 aliphatic rings. The van der Waals surface area contributed by atoms with E-state index in [4.69, 9.17) is 11.6 Å². The fourth-order valence-corrected chi connectivity index (χ4v) is 3.05. The van der Waals surface area contributed by atoms with E-state index in [9.17, 15) is 18.0 Å². The van der Waals surface area contributed by atoms with Crippen LogP contribution >= 0.6 is 11.6 Å². The zero-order chi connectivity index (χ0) is 18.0. The monoisotopic (exact) mass is 372 g/mol. The summed E-state index contributed by atoms with van der Waals surface area (Å²) in [5.41, 5.74) is 0.588. The van der Waals surface area contributed by atoms with E-state index in [2.05, 4.69) is 5.10 Å². The van der Waals surface area contributed by atoms with Crippen LogP contribution in [0.4, 0.5) is 18.9 Å². The predicted octanol–water partition coefficient (Wildman–Crippen LogP) is 2.57. The number of anilines is 1. The van der Waals surface area contributed by atoms with E-state index in [1.54, 1.807) is 29.2 Å². The van der Waals surface area contributed by atoms with Gasteiger partial charge in [-0.2, -0.15) is 23.0 Å². The average molecular weight is 373 g/mol.